The number of hydrogen-bond acceptors (Lipinski definition) is 5. The number of hydrogen-bond donors (Lipinski definition) is 0. The molecular weight excluding hydrogens is 389 g/mol. The third kappa shape index (κ3) is 5.09. The molecule has 29 heavy (non-hydrogen) atoms. The molecule has 3 rings (SSSR count). The van der Waals surface area contributed by atoms with Crippen LogP contribution in [0, 0.1) is 10.1 Å². The molecule has 0 saturated carbocycles. The lowest BCUT2D eigenvalue weighted by atomic mass is 10.2. The van der Waals surface area contributed by atoms with Gasteiger partial charge < -0.3 is 9.80 Å². The van der Waals surface area contributed by atoms with Crippen LogP contribution in [0.25, 0.3) is 6.08 Å². The Bertz CT molecular complexity index is 904. The number of piperazine rings is 1. The van der Waals surface area contributed by atoms with Crippen molar-refractivity contribution < 1.29 is 22.9 Å². The normalized spacial score (nSPS) is 15.0. The molecule has 2 heterocycles. The van der Waals surface area contributed by atoms with Gasteiger partial charge in [-0.05, 0) is 35.9 Å². The Morgan fingerprint density at radius 2 is 1.72 bits per heavy atom. The van der Waals surface area contributed by atoms with E-state index < -0.39 is 16.7 Å². The van der Waals surface area contributed by atoms with Crippen molar-refractivity contribution >= 4 is 23.5 Å². The molecule has 1 aromatic carbocycles. The molecule has 2 aromatic rings. The maximum atomic E-state index is 12.6. The zero-order valence-electron chi connectivity index (χ0n) is 15.2. The predicted molar refractivity (Wildman–Crippen MR) is 100 cm³/mol. The molecule has 0 N–H and O–H groups in total. The summed E-state index contributed by atoms with van der Waals surface area (Å²) in [6.07, 6.45) is -0.643. The highest BCUT2D eigenvalue weighted by Crippen LogP contribution is 2.29. The second kappa shape index (κ2) is 8.29. The second-order valence-corrected chi connectivity index (χ2v) is 6.40. The van der Waals surface area contributed by atoms with Crippen LogP contribution in [0.15, 0.2) is 48.7 Å². The van der Waals surface area contributed by atoms with Gasteiger partial charge in [0.1, 0.15) is 5.82 Å². The first-order chi connectivity index (χ1) is 13.7. The van der Waals surface area contributed by atoms with Gasteiger partial charge >= 0.3 is 6.18 Å². The fourth-order valence-corrected chi connectivity index (χ4v) is 2.88. The summed E-state index contributed by atoms with van der Waals surface area (Å²) in [6, 6.07) is 8.15. The molecule has 1 aromatic heterocycles. The third-order valence-corrected chi connectivity index (χ3v) is 4.51. The Morgan fingerprint density at radius 3 is 2.24 bits per heavy atom. The van der Waals surface area contributed by atoms with Gasteiger partial charge in [0.25, 0.3) is 5.69 Å². The molecule has 7 nitrogen and oxygen atoms in total. The number of benzene rings is 1. The van der Waals surface area contributed by atoms with Gasteiger partial charge in [-0.2, -0.15) is 13.2 Å². The van der Waals surface area contributed by atoms with Crippen LogP contribution in [0.5, 0.6) is 0 Å². The number of nitrogens with zero attached hydrogens (tertiary/aromatic N) is 4. The lowest BCUT2D eigenvalue weighted by molar-refractivity contribution is -0.384. The Hall–Kier alpha value is -3.43. The van der Waals surface area contributed by atoms with Crippen molar-refractivity contribution in [3.05, 3.63) is 69.9 Å². The number of pyridine rings is 1. The van der Waals surface area contributed by atoms with E-state index in [2.05, 4.69) is 4.98 Å². The lowest BCUT2D eigenvalue weighted by Crippen LogP contribution is -2.48. The van der Waals surface area contributed by atoms with Crippen LogP contribution in [-0.2, 0) is 11.0 Å². The molecule has 0 bridgehead atoms. The average Bonchev–Trinajstić information content (AvgIpc) is 2.72. The van der Waals surface area contributed by atoms with Crippen molar-refractivity contribution in [3.63, 3.8) is 0 Å². The number of nitro groups is 1. The smallest absolute Gasteiger partial charge is 0.353 e. The van der Waals surface area contributed by atoms with E-state index in [1.807, 2.05) is 4.90 Å². The largest absolute Gasteiger partial charge is 0.417 e. The molecule has 1 saturated heterocycles. The van der Waals surface area contributed by atoms with Crippen LogP contribution in [-0.4, -0.2) is 46.9 Å². The fraction of sp³-hybridized carbons (Fsp3) is 0.263. The zero-order chi connectivity index (χ0) is 21.0. The van der Waals surface area contributed by atoms with Crippen LogP contribution in [0.4, 0.5) is 24.7 Å². The number of nitro benzene ring substituents is 1. The molecule has 10 heteroatoms. The van der Waals surface area contributed by atoms with E-state index in [0.29, 0.717) is 37.6 Å². The Kier molecular flexibility index (Phi) is 5.81. The van der Waals surface area contributed by atoms with Crippen LogP contribution in [0.2, 0.25) is 0 Å². The van der Waals surface area contributed by atoms with E-state index in [4.69, 9.17) is 0 Å². The van der Waals surface area contributed by atoms with Crippen molar-refractivity contribution in [2.45, 2.75) is 6.18 Å². The van der Waals surface area contributed by atoms with E-state index in [1.54, 1.807) is 23.1 Å². The molecule has 0 atom stereocenters. The van der Waals surface area contributed by atoms with E-state index >= 15 is 0 Å². The summed E-state index contributed by atoms with van der Waals surface area (Å²) in [5, 5.41) is 10.6. The number of halogens is 3. The highest BCUT2D eigenvalue weighted by atomic mass is 19.4. The van der Waals surface area contributed by atoms with Gasteiger partial charge in [-0.1, -0.05) is 0 Å². The number of carbonyl (C=O) groups excluding carboxylic acids is 1. The minimum Gasteiger partial charge on any atom is -0.353 e. The van der Waals surface area contributed by atoms with Gasteiger partial charge in [0.2, 0.25) is 5.91 Å². The molecule has 0 unspecified atom stereocenters. The number of non-ortho nitro benzene ring substituents is 1. The van der Waals surface area contributed by atoms with Crippen LogP contribution < -0.4 is 4.90 Å². The monoisotopic (exact) mass is 406 g/mol. The molecule has 0 aliphatic carbocycles. The van der Waals surface area contributed by atoms with E-state index in [9.17, 15) is 28.1 Å². The summed E-state index contributed by atoms with van der Waals surface area (Å²) in [7, 11) is 0. The number of aromatic nitrogens is 1. The average molecular weight is 406 g/mol. The SMILES string of the molecule is O=C(/C=C/c1ccc([N+](=O)[O-])cc1)N1CCN(c2ccc(C(F)(F)F)cn2)CC1. The predicted octanol–water partition coefficient (Wildman–Crippen LogP) is 3.37. The first-order valence-corrected chi connectivity index (χ1v) is 8.74. The van der Waals surface area contributed by atoms with Gasteiger partial charge in [-0.25, -0.2) is 4.98 Å². The van der Waals surface area contributed by atoms with Gasteiger partial charge in [0.15, 0.2) is 0 Å². The third-order valence-electron chi connectivity index (χ3n) is 4.51. The highest BCUT2D eigenvalue weighted by molar-refractivity contribution is 5.92. The summed E-state index contributed by atoms with van der Waals surface area (Å²) >= 11 is 0. The van der Waals surface area contributed by atoms with E-state index in [-0.39, 0.29) is 11.6 Å². The number of amides is 1. The van der Waals surface area contributed by atoms with Crippen LogP contribution in [0.3, 0.4) is 0 Å². The maximum Gasteiger partial charge on any atom is 0.417 e. The minimum absolute atomic E-state index is 0.0264. The Balaban J connectivity index is 1.54. The van der Waals surface area contributed by atoms with Crippen molar-refractivity contribution in [3.8, 4) is 0 Å². The minimum atomic E-state index is -4.42. The Morgan fingerprint density at radius 1 is 1.07 bits per heavy atom. The molecule has 1 amide bonds. The van der Waals surface area contributed by atoms with Crippen molar-refractivity contribution in [1.29, 1.82) is 0 Å². The van der Waals surface area contributed by atoms with E-state index in [1.165, 1.54) is 24.3 Å². The summed E-state index contributed by atoms with van der Waals surface area (Å²) in [6.45, 7) is 1.73. The number of rotatable bonds is 4. The van der Waals surface area contributed by atoms with Crippen LogP contribution in [0.1, 0.15) is 11.1 Å². The maximum absolute atomic E-state index is 12.6. The quantitative estimate of drug-likeness (QED) is 0.442. The number of alkyl halides is 3. The molecule has 0 radical (unpaired) electrons. The van der Waals surface area contributed by atoms with Gasteiger partial charge in [0, 0.05) is 50.6 Å². The Labute approximate surface area is 164 Å². The standard InChI is InChI=1S/C19H17F3N4O3/c20-19(21,22)15-4-7-17(23-13-15)24-9-11-25(12-10-24)18(27)8-3-14-1-5-16(6-2-14)26(28)29/h1-8,13H,9-12H2/b8-3+. The fourth-order valence-electron chi connectivity index (χ4n) is 2.88. The number of anilines is 1. The van der Waals surface area contributed by atoms with Crippen LogP contribution >= 0.6 is 0 Å². The summed E-state index contributed by atoms with van der Waals surface area (Å²) < 4.78 is 37.9. The van der Waals surface area contributed by atoms with Gasteiger partial charge in [-0.15, -0.1) is 0 Å². The molecule has 1 aliphatic heterocycles. The van der Waals surface area contributed by atoms with Crippen molar-refractivity contribution in [2.24, 2.45) is 0 Å². The molecular formula is C19H17F3N4O3. The molecule has 1 fully saturated rings. The second-order valence-electron chi connectivity index (χ2n) is 6.40. The van der Waals surface area contributed by atoms with Gasteiger partial charge in [-0.3, -0.25) is 14.9 Å². The molecule has 1 aliphatic rings. The first kappa shape index (κ1) is 20.3. The summed E-state index contributed by atoms with van der Waals surface area (Å²) in [5.41, 5.74) is -0.163. The van der Waals surface area contributed by atoms with Crippen molar-refractivity contribution in [2.75, 3.05) is 31.1 Å². The summed E-state index contributed by atoms with van der Waals surface area (Å²) in [5.74, 6) is 0.231. The lowest BCUT2D eigenvalue weighted by Gasteiger charge is -2.35. The number of carbonyl (C=O) groups is 1. The molecule has 152 valence electrons. The molecule has 0 spiro atoms. The van der Waals surface area contributed by atoms with E-state index in [0.717, 1.165) is 12.3 Å². The first-order valence-electron chi connectivity index (χ1n) is 8.74. The topological polar surface area (TPSA) is 79.6 Å². The summed E-state index contributed by atoms with van der Waals surface area (Å²) in [4.78, 5) is 29.8. The zero-order valence-corrected chi connectivity index (χ0v) is 15.2. The highest BCUT2D eigenvalue weighted by Gasteiger charge is 2.31. The van der Waals surface area contributed by atoms with Gasteiger partial charge in [0.05, 0.1) is 10.5 Å². The van der Waals surface area contributed by atoms with Crippen molar-refractivity contribution in [1.82, 2.24) is 9.88 Å².